The highest BCUT2D eigenvalue weighted by atomic mass is 32.2. The van der Waals surface area contributed by atoms with Gasteiger partial charge in [0.1, 0.15) is 0 Å². The number of amides is 1. The topological polar surface area (TPSA) is 54.0 Å². The lowest BCUT2D eigenvalue weighted by atomic mass is 9.39. The number of halogens is 3. The van der Waals surface area contributed by atoms with Gasteiger partial charge in [0.15, 0.2) is 0 Å². The predicted molar refractivity (Wildman–Crippen MR) is 109 cm³/mol. The largest absolute Gasteiger partial charge is 0.394 e. The van der Waals surface area contributed by atoms with E-state index in [2.05, 4.69) is 15.0 Å². The number of carbonyl (C=O) groups is 1. The molecule has 1 atom stereocenters. The van der Waals surface area contributed by atoms with E-state index in [0.717, 1.165) is 10.5 Å². The second kappa shape index (κ2) is 6.86. The quantitative estimate of drug-likeness (QED) is 0.662. The molecule has 4 nitrogen and oxygen atoms in total. The molecule has 2 aromatic rings. The first-order chi connectivity index (χ1) is 13.7. The molecule has 1 aromatic carbocycles. The molecule has 0 radical (unpaired) electrons. The first kappa shape index (κ1) is 19.9. The van der Waals surface area contributed by atoms with E-state index in [-0.39, 0.29) is 25.2 Å². The minimum atomic E-state index is -4.19. The van der Waals surface area contributed by atoms with Crippen LogP contribution in [0.3, 0.4) is 0 Å². The van der Waals surface area contributed by atoms with Gasteiger partial charge in [-0.15, -0.1) is 0 Å². The van der Waals surface area contributed by atoms with Gasteiger partial charge in [-0.25, -0.2) is 0 Å². The number of carbonyl (C=O) groups excluding carboxylic acids is 1. The Morgan fingerprint density at radius 1 is 1.17 bits per heavy atom. The fraction of sp³-hybridized carbons (Fsp3) is 0.381. The molecular weight excluding hydrogens is 399 g/mol. The number of aryl methyl sites for hydroxylation is 1. The van der Waals surface area contributed by atoms with Gasteiger partial charge in [0, 0.05) is 22.8 Å². The number of pyridine rings is 1. The van der Waals surface area contributed by atoms with Gasteiger partial charge >= 0.3 is 6.18 Å². The molecule has 5 rings (SSSR count). The molecule has 1 heterocycles. The van der Waals surface area contributed by atoms with Gasteiger partial charge in [0.25, 0.3) is 5.91 Å². The summed E-state index contributed by atoms with van der Waals surface area (Å²) in [5.74, 6) is -0.336. The van der Waals surface area contributed by atoms with Crippen molar-refractivity contribution in [2.24, 2.45) is 5.41 Å². The lowest BCUT2D eigenvalue weighted by molar-refractivity contribution is -0.336. The summed E-state index contributed by atoms with van der Waals surface area (Å²) in [6, 6.07) is 9.26. The van der Waals surface area contributed by atoms with Crippen molar-refractivity contribution in [1.82, 2.24) is 10.3 Å². The van der Waals surface area contributed by atoms with Gasteiger partial charge in [0.05, 0.1) is 16.7 Å². The molecule has 3 aliphatic rings. The number of hydrogen-bond acceptors (Lipinski definition) is 3. The monoisotopic (exact) mass is 421 g/mol. The van der Waals surface area contributed by atoms with Gasteiger partial charge < -0.3 is 10.0 Å². The molecule has 3 fully saturated rings. The summed E-state index contributed by atoms with van der Waals surface area (Å²) in [6.45, 7) is 3.87. The number of alkyl halides is 3. The van der Waals surface area contributed by atoms with E-state index in [9.17, 15) is 18.0 Å². The number of aromatic nitrogens is 1. The molecule has 8 heteroatoms. The molecule has 3 aliphatic carbocycles. The molecule has 1 unspecified atom stereocenters. The van der Waals surface area contributed by atoms with Crippen LogP contribution in [0.15, 0.2) is 47.6 Å². The molecule has 3 saturated carbocycles. The van der Waals surface area contributed by atoms with Crippen molar-refractivity contribution < 1.29 is 18.0 Å². The van der Waals surface area contributed by atoms with Crippen LogP contribution in [0.4, 0.5) is 18.9 Å². The zero-order chi connectivity index (χ0) is 20.9. The fourth-order valence-electron chi connectivity index (χ4n) is 4.33. The average molecular weight is 421 g/mol. The Morgan fingerprint density at radius 3 is 2.41 bits per heavy atom. The van der Waals surface area contributed by atoms with Crippen molar-refractivity contribution in [3.63, 3.8) is 0 Å². The van der Waals surface area contributed by atoms with Crippen LogP contribution in [0.25, 0.3) is 0 Å². The normalized spacial score (nSPS) is 26.2. The van der Waals surface area contributed by atoms with Gasteiger partial charge in [-0.05, 0) is 68.3 Å². The molecular formula is C21H22F3N3OS. The lowest BCUT2D eigenvalue weighted by Gasteiger charge is -2.70. The Labute approximate surface area is 170 Å². The van der Waals surface area contributed by atoms with Crippen LogP contribution in [-0.4, -0.2) is 28.0 Å². The Morgan fingerprint density at radius 2 is 1.83 bits per heavy atom. The summed E-state index contributed by atoms with van der Waals surface area (Å²) in [5.41, 5.74) is -0.203. The number of nitrogens with one attached hydrogen (secondary N) is 2. The van der Waals surface area contributed by atoms with Crippen molar-refractivity contribution in [2.45, 2.75) is 49.7 Å². The average Bonchev–Trinajstić information content (AvgIpc) is 2.61. The standard InChI is InChI=1S/C21H22F3N3OS/c1-3-29(15-6-8-25-9-7-15)27-17-10-14(2)4-5-16(17)18(28)26-20-11-19(12-20,13-20)21(22,23)24/h3-10,27H,11-13H2,1-2H3,(H,26,28). The van der Waals surface area contributed by atoms with Crippen LogP contribution in [0.5, 0.6) is 0 Å². The van der Waals surface area contributed by atoms with Crippen LogP contribution in [0.1, 0.15) is 42.1 Å². The number of nitrogens with zero attached hydrogens (tertiary/aromatic N) is 1. The fourth-order valence-corrected chi connectivity index (χ4v) is 5.66. The zero-order valence-corrected chi connectivity index (χ0v) is 17.0. The zero-order valence-electron chi connectivity index (χ0n) is 16.1. The summed E-state index contributed by atoms with van der Waals surface area (Å²) in [5, 5.41) is 4.87. The van der Waals surface area contributed by atoms with Crippen molar-refractivity contribution in [1.29, 1.82) is 0 Å². The van der Waals surface area contributed by atoms with Crippen LogP contribution in [-0.2, 0) is 0 Å². The maximum absolute atomic E-state index is 13.1. The SMILES string of the molecule is C/C=S(/Nc1cc(C)ccc1C(=O)NC12CC(C(F)(F)F)(C1)C2)c1ccncc1. The van der Waals surface area contributed by atoms with Crippen molar-refractivity contribution in [3.05, 3.63) is 53.9 Å². The Hall–Kier alpha value is -2.35. The summed E-state index contributed by atoms with van der Waals surface area (Å²) in [6.07, 6.45) is -0.824. The van der Waals surface area contributed by atoms with E-state index in [1.165, 1.54) is 0 Å². The first-order valence-corrected chi connectivity index (χ1v) is 10.7. The van der Waals surface area contributed by atoms with E-state index in [0.29, 0.717) is 11.3 Å². The van der Waals surface area contributed by atoms with Crippen LogP contribution < -0.4 is 10.0 Å². The second-order valence-corrected chi connectivity index (χ2v) is 9.77. The summed E-state index contributed by atoms with van der Waals surface area (Å²) in [7, 11) is -0.444. The third-order valence-corrected chi connectivity index (χ3v) is 7.48. The van der Waals surface area contributed by atoms with E-state index in [4.69, 9.17) is 0 Å². The summed E-state index contributed by atoms with van der Waals surface area (Å²) >= 11 is 0. The molecule has 1 amide bonds. The molecule has 29 heavy (non-hydrogen) atoms. The Kier molecular flexibility index (Phi) is 4.72. The smallest absolute Gasteiger partial charge is 0.346 e. The van der Waals surface area contributed by atoms with Gasteiger partial charge in [-0.2, -0.15) is 13.2 Å². The second-order valence-electron chi connectivity index (χ2n) is 7.95. The van der Waals surface area contributed by atoms with E-state index in [1.807, 2.05) is 43.5 Å². The summed E-state index contributed by atoms with van der Waals surface area (Å²) < 4.78 is 42.6. The number of benzene rings is 1. The van der Waals surface area contributed by atoms with Crippen molar-refractivity contribution in [3.8, 4) is 0 Å². The first-order valence-electron chi connectivity index (χ1n) is 9.36. The highest BCUT2D eigenvalue weighted by Crippen LogP contribution is 2.73. The molecule has 154 valence electrons. The van der Waals surface area contributed by atoms with Crippen LogP contribution in [0, 0.1) is 12.3 Å². The van der Waals surface area contributed by atoms with Crippen LogP contribution >= 0.6 is 10.7 Å². The van der Waals surface area contributed by atoms with Gasteiger partial charge in [-0.3, -0.25) is 9.78 Å². The molecule has 0 saturated heterocycles. The van der Waals surface area contributed by atoms with E-state index >= 15 is 0 Å². The van der Waals surface area contributed by atoms with Gasteiger partial charge in [-0.1, -0.05) is 16.7 Å². The maximum Gasteiger partial charge on any atom is 0.394 e. The highest BCUT2D eigenvalue weighted by molar-refractivity contribution is 8.16. The number of anilines is 1. The van der Waals surface area contributed by atoms with Crippen LogP contribution in [0.2, 0.25) is 0 Å². The molecule has 0 spiro atoms. The lowest BCUT2D eigenvalue weighted by Crippen LogP contribution is -2.78. The third-order valence-electron chi connectivity index (χ3n) is 5.79. The number of hydrogen-bond donors (Lipinski definition) is 2. The molecule has 1 aromatic heterocycles. The molecule has 2 bridgehead atoms. The predicted octanol–water partition coefficient (Wildman–Crippen LogP) is 5.08. The minimum absolute atomic E-state index is 0.0198. The Balaban J connectivity index is 1.53. The van der Waals surface area contributed by atoms with E-state index in [1.54, 1.807) is 18.5 Å². The van der Waals surface area contributed by atoms with Crippen molar-refractivity contribution in [2.75, 3.05) is 4.72 Å². The van der Waals surface area contributed by atoms with E-state index < -0.39 is 27.8 Å². The number of rotatable bonds is 5. The van der Waals surface area contributed by atoms with Crippen molar-refractivity contribution >= 4 is 27.6 Å². The third kappa shape index (κ3) is 3.43. The minimum Gasteiger partial charge on any atom is -0.346 e. The summed E-state index contributed by atoms with van der Waals surface area (Å²) in [4.78, 5) is 18.0. The van der Waals surface area contributed by atoms with Gasteiger partial charge in [0.2, 0.25) is 0 Å². The highest BCUT2D eigenvalue weighted by Gasteiger charge is 2.79. The Bertz CT molecular complexity index is 969. The molecule has 0 aliphatic heterocycles. The molecule has 2 N–H and O–H groups in total. The maximum atomic E-state index is 13.1.